The number of hydrogen-bond donors (Lipinski definition) is 5. The van der Waals surface area contributed by atoms with E-state index in [4.69, 9.17) is 31.1 Å². The van der Waals surface area contributed by atoms with E-state index in [-0.39, 0.29) is 42.8 Å². The number of benzene rings is 3. The monoisotopic (exact) mass is 559 g/mol. The minimum Gasteiger partial charge on any atom is -0.478 e. The summed E-state index contributed by atoms with van der Waals surface area (Å²) in [6, 6.07) is 19.1. The van der Waals surface area contributed by atoms with Crippen molar-refractivity contribution in [1.29, 1.82) is 5.41 Å². The molecule has 0 aromatic heterocycles. The normalized spacial score (nSPS) is 16.4. The van der Waals surface area contributed by atoms with E-state index in [9.17, 15) is 9.59 Å². The molecule has 10 heteroatoms. The van der Waals surface area contributed by atoms with Gasteiger partial charge in [0, 0.05) is 47.9 Å². The highest BCUT2D eigenvalue weighted by atomic mass is 16.5. The average Bonchev–Trinajstić information content (AvgIpc) is 2.96. The molecule has 3 aromatic rings. The standard InChI is InChI=1S/C31H37N5O5/c1-2-39-30(34)20-3-11-25(12-4-20)40-27-17-21(31(38)36-24-7-5-22(33)6-8-24)18-28(19-27)41-26-13-9-23(10-14-26)35-29(37)15-16-32/h3-4,9-14,17-19,22,24,34H,2,5-8,15-16,32-33H2,1H3,(H,35,37)(H,36,38). The second-order valence-corrected chi connectivity index (χ2v) is 9.88. The van der Waals surface area contributed by atoms with E-state index in [0.717, 1.165) is 25.7 Å². The molecule has 10 nitrogen and oxygen atoms in total. The third-order valence-corrected chi connectivity index (χ3v) is 6.64. The van der Waals surface area contributed by atoms with Crippen LogP contribution in [-0.4, -0.2) is 42.9 Å². The molecule has 4 rings (SSSR count). The van der Waals surface area contributed by atoms with E-state index in [1.165, 1.54) is 0 Å². The van der Waals surface area contributed by atoms with Gasteiger partial charge in [0.15, 0.2) is 0 Å². The van der Waals surface area contributed by atoms with Gasteiger partial charge in [0.2, 0.25) is 11.8 Å². The van der Waals surface area contributed by atoms with Gasteiger partial charge in [0.1, 0.15) is 23.0 Å². The molecule has 1 fully saturated rings. The van der Waals surface area contributed by atoms with Gasteiger partial charge < -0.3 is 36.3 Å². The van der Waals surface area contributed by atoms with Crippen molar-refractivity contribution in [2.24, 2.45) is 11.5 Å². The van der Waals surface area contributed by atoms with Gasteiger partial charge in [0.25, 0.3) is 5.91 Å². The molecule has 41 heavy (non-hydrogen) atoms. The smallest absolute Gasteiger partial charge is 0.251 e. The molecule has 0 unspecified atom stereocenters. The van der Waals surface area contributed by atoms with E-state index < -0.39 is 0 Å². The van der Waals surface area contributed by atoms with Gasteiger partial charge in [-0.05, 0) is 93.3 Å². The van der Waals surface area contributed by atoms with Gasteiger partial charge in [-0.3, -0.25) is 15.0 Å². The van der Waals surface area contributed by atoms with E-state index in [1.54, 1.807) is 66.7 Å². The van der Waals surface area contributed by atoms with Crippen molar-refractivity contribution in [2.45, 2.75) is 51.1 Å². The molecule has 7 N–H and O–H groups in total. The Labute approximate surface area is 239 Å². The van der Waals surface area contributed by atoms with Gasteiger partial charge in [-0.15, -0.1) is 0 Å². The quantitative estimate of drug-likeness (QED) is 0.164. The first-order valence-corrected chi connectivity index (χ1v) is 13.8. The highest BCUT2D eigenvalue weighted by Gasteiger charge is 2.21. The van der Waals surface area contributed by atoms with Crippen LogP contribution in [0.3, 0.4) is 0 Å². The van der Waals surface area contributed by atoms with Gasteiger partial charge in [0.05, 0.1) is 6.61 Å². The zero-order chi connectivity index (χ0) is 29.2. The number of ether oxygens (including phenoxy) is 3. The molecule has 0 spiro atoms. The van der Waals surface area contributed by atoms with Gasteiger partial charge >= 0.3 is 0 Å². The van der Waals surface area contributed by atoms with Crippen LogP contribution < -0.4 is 31.6 Å². The maximum atomic E-state index is 13.2. The van der Waals surface area contributed by atoms with E-state index in [2.05, 4.69) is 10.6 Å². The highest BCUT2D eigenvalue weighted by Crippen LogP contribution is 2.31. The Bertz CT molecular complexity index is 1340. The average molecular weight is 560 g/mol. The Hall–Kier alpha value is -4.41. The Morgan fingerprint density at radius 3 is 2.00 bits per heavy atom. The number of carbonyl (C=O) groups excluding carboxylic acids is 2. The lowest BCUT2D eigenvalue weighted by atomic mass is 9.91. The van der Waals surface area contributed by atoms with Crippen LogP contribution in [0.5, 0.6) is 23.0 Å². The van der Waals surface area contributed by atoms with E-state index in [1.807, 2.05) is 6.92 Å². The Morgan fingerprint density at radius 2 is 1.44 bits per heavy atom. The van der Waals surface area contributed by atoms with Crippen molar-refractivity contribution >= 4 is 23.4 Å². The second-order valence-electron chi connectivity index (χ2n) is 9.88. The van der Waals surface area contributed by atoms with Crippen LogP contribution in [0.15, 0.2) is 66.7 Å². The molecular formula is C31H37N5O5. The predicted molar refractivity (Wildman–Crippen MR) is 158 cm³/mol. The number of amides is 2. The minimum atomic E-state index is -0.223. The van der Waals surface area contributed by atoms with Crippen molar-refractivity contribution in [2.75, 3.05) is 18.5 Å². The van der Waals surface area contributed by atoms with Crippen molar-refractivity contribution < 1.29 is 23.8 Å². The van der Waals surface area contributed by atoms with E-state index in [0.29, 0.717) is 46.4 Å². The first-order chi connectivity index (χ1) is 19.8. The number of hydrogen-bond acceptors (Lipinski definition) is 8. The van der Waals surface area contributed by atoms with Crippen molar-refractivity contribution in [3.8, 4) is 23.0 Å². The van der Waals surface area contributed by atoms with Gasteiger partial charge in [-0.2, -0.15) is 0 Å². The number of rotatable bonds is 11. The molecule has 1 aliphatic rings. The molecule has 3 aromatic carbocycles. The summed E-state index contributed by atoms with van der Waals surface area (Å²) >= 11 is 0. The maximum Gasteiger partial charge on any atom is 0.251 e. The van der Waals surface area contributed by atoms with Crippen LogP contribution in [0, 0.1) is 5.41 Å². The number of nitrogens with two attached hydrogens (primary N) is 2. The Balaban J connectivity index is 1.53. The van der Waals surface area contributed by atoms with E-state index >= 15 is 0 Å². The molecule has 216 valence electrons. The zero-order valence-electron chi connectivity index (χ0n) is 23.2. The van der Waals surface area contributed by atoms with Crippen LogP contribution >= 0.6 is 0 Å². The molecule has 0 bridgehead atoms. The summed E-state index contributed by atoms with van der Waals surface area (Å²) in [6.45, 7) is 2.51. The fourth-order valence-corrected chi connectivity index (χ4v) is 4.49. The molecular weight excluding hydrogens is 522 g/mol. The SMILES string of the molecule is CCOC(=N)c1ccc(Oc2cc(Oc3ccc(NC(=O)CCN)cc3)cc(C(=O)NC3CCC(N)CC3)c2)cc1. The van der Waals surface area contributed by atoms with Crippen molar-refractivity contribution in [3.63, 3.8) is 0 Å². The second kappa shape index (κ2) is 14.3. The summed E-state index contributed by atoms with van der Waals surface area (Å²) < 4.78 is 17.4. The summed E-state index contributed by atoms with van der Waals surface area (Å²) in [5.41, 5.74) is 13.1. The van der Waals surface area contributed by atoms with Crippen molar-refractivity contribution in [1.82, 2.24) is 5.32 Å². The van der Waals surface area contributed by atoms with Gasteiger partial charge in [-0.25, -0.2) is 0 Å². The fourth-order valence-electron chi connectivity index (χ4n) is 4.49. The molecule has 0 radical (unpaired) electrons. The largest absolute Gasteiger partial charge is 0.478 e. The fraction of sp³-hybridized carbons (Fsp3) is 0.323. The third kappa shape index (κ3) is 8.79. The van der Waals surface area contributed by atoms with Crippen LogP contribution in [0.4, 0.5) is 5.69 Å². The zero-order valence-corrected chi connectivity index (χ0v) is 23.2. The van der Waals surface area contributed by atoms with Crippen LogP contribution in [0.2, 0.25) is 0 Å². The van der Waals surface area contributed by atoms with Gasteiger partial charge in [-0.1, -0.05) is 0 Å². The van der Waals surface area contributed by atoms with Crippen LogP contribution in [0.1, 0.15) is 54.9 Å². The number of carbonyl (C=O) groups is 2. The minimum absolute atomic E-state index is 0.0615. The number of nitrogens with one attached hydrogen (secondary N) is 3. The van der Waals surface area contributed by atoms with Crippen molar-refractivity contribution in [3.05, 3.63) is 77.9 Å². The summed E-state index contributed by atoms with van der Waals surface area (Å²) in [7, 11) is 0. The summed E-state index contributed by atoms with van der Waals surface area (Å²) in [6.07, 6.45) is 3.67. The lowest BCUT2D eigenvalue weighted by molar-refractivity contribution is -0.116. The highest BCUT2D eigenvalue weighted by molar-refractivity contribution is 5.95. The molecule has 0 saturated heterocycles. The Kier molecular flexibility index (Phi) is 10.3. The predicted octanol–water partition coefficient (Wildman–Crippen LogP) is 4.92. The first-order valence-electron chi connectivity index (χ1n) is 13.8. The summed E-state index contributed by atoms with van der Waals surface area (Å²) in [5, 5.41) is 13.8. The van der Waals surface area contributed by atoms with Crippen LogP contribution in [0.25, 0.3) is 0 Å². The third-order valence-electron chi connectivity index (χ3n) is 6.64. The topological polar surface area (TPSA) is 162 Å². The Morgan fingerprint density at radius 1 is 0.854 bits per heavy atom. The van der Waals surface area contributed by atoms with Crippen LogP contribution in [-0.2, 0) is 9.53 Å². The lowest BCUT2D eigenvalue weighted by Gasteiger charge is -2.26. The first kappa shape index (κ1) is 29.6. The molecule has 2 amide bonds. The molecule has 1 saturated carbocycles. The maximum absolute atomic E-state index is 13.2. The molecule has 0 atom stereocenters. The summed E-state index contributed by atoms with van der Waals surface area (Å²) in [4.78, 5) is 25.1. The lowest BCUT2D eigenvalue weighted by Crippen LogP contribution is -2.40. The molecule has 0 heterocycles. The molecule has 0 aliphatic heterocycles. The molecule has 1 aliphatic carbocycles. The summed E-state index contributed by atoms with van der Waals surface area (Å²) in [5.74, 6) is 1.57. The number of anilines is 1.